The Balaban J connectivity index is 1.66. The van der Waals surface area contributed by atoms with Gasteiger partial charge in [-0.25, -0.2) is 13.2 Å². The normalized spacial score (nSPS) is 29.1. The van der Waals surface area contributed by atoms with E-state index in [2.05, 4.69) is 0 Å². The monoisotopic (exact) mass is 401 g/mol. The van der Waals surface area contributed by atoms with Crippen molar-refractivity contribution in [3.63, 3.8) is 0 Å². The maximum Gasteiger partial charge on any atom is 0.410 e. The molecule has 3 saturated heterocycles. The Morgan fingerprint density at radius 1 is 1.00 bits per heavy atom. The van der Waals surface area contributed by atoms with Crippen LogP contribution in [-0.2, 0) is 19.6 Å². The number of ether oxygens (including phenoxy) is 1. The number of hydrogen-bond donors (Lipinski definition) is 0. The molecule has 9 heteroatoms. The Morgan fingerprint density at radius 2 is 1.70 bits per heavy atom. The summed E-state index contributed by atoms with van der Waals surface area (Å²) in [5.74, 6) is 0.117. The van der Waals surface area contributed by atoms with Gasteiger partial charge in [0, 0.05) is 32.2 Å². The van der Waals surface area contributed by atoms with Gasteiger partial charge in [0.15, 0.2) is 0 Å². The van der Waals surface area contributed by atoms with E-state index < -0.39 is 27.8 Å². The van der Waals surface area contributed by atoms with Crippen LogP contribution in [0.1, 0.15) is 52.9 Å². The van der Waals surface area contributed by atoms with Crippen LogP contribution in [0.15, 0.2) is 0 Å². The van der Waals surface area contributed by atoms with E-state index in [-0.39, 0.29) is 17.7 Å². The molecule has 0 spiro atoms. The highest BCUT2D eigenvalue weighted by atomic mass is 32.2. The second-order valence-electron chi connectivity index (χ2n) is 8.69. The summed E-state index contributed by atoms with van der Waals surface area (Å²) in [5, 5.41) is 0. The van der Waals surface area contributed by atoms with Crippen molar-refractivity contribution in [3.05, 3.63) is 0 Å². The average molecular weight is 402 g/mol. The number of nitrogens with zero attached hydrogens (tertiary/aromatic N) is 3. The Kier molecular flexibility index (Phi) is 5.72. The van der Waals surface area contributed by atoms with Gasteiger partial charge in [-0.15, -0.1) is 0 Å². The minimum atomic E-state index is -3.19. The molecule has 3 heterocycles. The van der Waals surface area contributed by atoms with Crippen molar-refractivity contribution in [2.75, 3.05) is 31.9 Å². The van der Waals surface area contributed by atoms with Crippen molar-refractivity contribution in [2.45, 2.75) is 70.6 Å². The zero-order valence-electron chi connectivity index (χ0n) is 16.5. The number of hydrogen-bond acceptors (Lipinski definition) is 5. The lowest BCUT2D eigenvalue weighted by Crippen LogP contribution is -2.55. The Bertz CT molecular complexity index is 688. The summed E-state index contributed by atoms with van der Waals surface area (Å²) >= 11 is 0. The van der Waals surface area contributed by atoms with E-state index in [9.17, 15) is 18.0 Å². The van der Waals surface area contributed by atoms with E-state index in [0.717, 1.165) is 19.3 Å². The lowest BCUT2D eigenvalue weighted by molar-refractivity contribution is -0.137. The number of sulfonamides is 1. The zero-order chi connectivity index (χ0) is 19.8. The number of amides is 2. The third-order valence-electron chi connectivity index (χ3n) is 5.42. The Labute approximate surface area is 161 Å². The molecule has 2 amide bonds. The SMILES string of the molecule is CC(C)(C)OC(=O)N1CCC[C@H]1C(=O)N1CCC[C@H](N2CCCS2(=O)=O)C1. The summed E-state index contributed by atoms with van der Waals surface area (Å²) in [5.41, 5.74) is -0.604. The molecule has 0 aromatic heterocycles. The first-order chi connectivity index (χ1) is 12.6. The number of carbonyl (C=O) groups is 2. The highest BCUT2D eigenvalue weighted by molar-refractivity contribution is 7.89. The van der Waals surface area contributed by atoms with Crippen LogP contribution in [0.2, 0.25) is 0 Å². The smallest absolute Gasteiger partial charge is 0.410 e. The van der Waals surface area contributed by atoms with E-state index >= 15 is 0 Å². The molecule has 0 radical (unpaired) electrons. The van der Waals surface area contributed by atoms with Crippen LogP contribution in [-0.4, -0.2) is 84.1 Å². The van der Waals surface area contributed by atoms with Crippen molar-refractivity contribution in [1.82, 2.24) is 14.1 Å². The summed E-state index contributed by atoms with van der Waals surface area (Å²) in [4.78, 5) is 28.9. The van der Waals surface area contributed by atoms with Crippen molar-refractivity contribution < 1.29 is 22.7 Å². The highest BCUT2D eigenvalue weighted by Crippen LogP contribution is 2.27. The summed E-state index contributed by atoms with van der Waals surface area (Å²) in [6.45, 7) is 7.51. The molecule has 8 nitrogen and oxygen atoms in total. The highest BCUT2D eigenvalue weighted by Gasteiger charge is 2.42. The molecule has 3 aliphatic rings. The second kappa shape index (κ2) is 7.58. The van der Waals surface area contributed by atoms with Crippen molar-refractivity contribution in [2.24, 2.45) is 0 Å². The van der Waals surface area contributed by atoms with Crippen LogP contribution < -0.4 is 0 Å². The summed E-state index contributed by atoms with van der Waals surface area (Å²) in [6.07, 6.45) is 3.16. The maximum atomic E-state index is 13.1. The molecular weight excluding hydrogens is 370 g/mol. The molecule has 0 saturated carbocycles. The molecule has 27 heavy (non-hydrogen) atoms. The molecule has 0 aromatic rings. The molecule has 0 N–H and O–H groups in total. The third-order valence-corrected chi connectivity index (χ3v) is 7.42. The standard InChI is InChI=1S/C18H31N3O5S/c1-18(2,3)26-17(23)20-10-5-8-15(20)16(22)19-9-4-7-14(13-19)21-11-6-12-27(21,24)25/h14-15H,4-13H2,1-3H3/t14-,15-/m0/s1. The average Bonchev–Trinajstić information content (AvgIpc) is 3.18. The first-order valence-electron chi connectivity index (χ1n) is 9.86. The Hall–Kier alpha value is -1.35. The quantitative estimate of drug-likeness (QED) is 0.698. The van der Waals surface area contributed by atoms with Gasteiger partial charge in [0.05, 0.1) is 5.75 Å². The van der Waals surface area contributed by atoms with Gasteiger partial charge < -0.3 is 9.64 Å². The molecule has 0 aliphatic carbocycles. The molecule has 2 atom stereocenters. The van der Waals surface area contributed by atoms with Crippen molar-refractivity contribution in [1.29, 1.82) is 0 Å². The summed E-state index contributed by atoms with van der Waals surface area (Å²) in [7, 11) is -3.19. The van der Waals surface area contributed by atoms with Crippen LogP contribution in [0.5, 0.6) is 0 Å². The molecule has 0 bridgehead atoms. The molecule has 0 aromatic carbocycles. The lowest BCUT2D eigenvalue weighted by atomic mass is 10.0. The van der Waals surface area contributed by atoms with Gasteiger partial charge >= 0.3 is 6.09 Å². The van der Waals surface area contributed by atoms with Gasteiger partial charge in [-0.1, -0.05) is 0 Å². The molecular formula is C18H31N3O5S. The number of likely N-dealkylation sites (tertiary alicyclic amines) is 2. The van der Waals surface area contributed by atoms with E-state index in [1.54, 1.807) is 9.21 Å². The molecule has 3 rings (SSSR count). The van der Waals surface area contributed by atoms with Crippen LogP contribution in [0, 0.1) is 0 Å². The van der Waals surface area contributed by atoms with Gasteiger partial charge in [-0.05, 0) is 52.9 Å². The molecule has 154 valence electrons. The topological polar surface area (TPSA) is 87.2 Å². The molecule has 3 aliphatic heterocycles. The second-order valence-corrected chi connectivity index (χ2v) is 10.7. The zero-order valence-corrected chi connectivity index (χ0v) is 17.3. The van der Waals surface area contributed by atoms with Gasteiger partial charge in [-0.2, -0.15) is 4.31 Å². The fourth-order valence-corrected chi connectivity index (χ4v) is 5.99. The predicted molar refractivity (Wildman–Crippen MR) is 101 cm³/mol. The number of rotatable bonds is 2. The maximum absolute atomic E-state index is 13.1. The number of carbonyl (C=O) groups excluding carboxylic acids is 2. The van der Waals surface area contributed by atoms with E-state index in [1.165, 1.54) is 4.90 Å². The largest absolute Gasteiger partial charge is 0.444 e. The molecule has 0 unspecified atom stereocenters. The number of piperidine rings is 1. The van der Waals surface area contributed by atoms with Gasteiger partial charge in [0.1, 0.15) is 11.6 Å². The van der Waals surface area contributed by atoms with E-state index in [4.69, 9.17) is 4.74 Å². The van der Waals surface area contributed by atoms with Gasteiger partial charge in [0.25, 0.3) is 0 Å². The van der Waals surface area contributed by atoms with E-state index in [0.29, 0.717) is 39.0 Å². The first kappa shape index (κ1) is 20.4. The minimum Gasteiger partial charge on any atom is -0.444 e. The third kappa shape index (κ3) is 4.56. The summed E-state index contributed by atoms with van der Waals surface area (Å²) in [6, 6.07) is -0.652. The Morgan fingerprint density at radius 3 is 2.33 bits per heavy atom. The van der Waals surface area contributed by atoms with Gasteiger partial charge in [0.2, 0.25) is 15.9 Å². The predicted octanol–water partition coefficient (Wildman–Crippen LogP) is 1.41. The van der Waals surface area contributed by atoms with E-state index in [1.807, 2.05) is 20.8 Å². The lowest BCUT2D eigenvalue weighted by Gasteiger charge is -2.39. The van der Waals surface area contributed by atoms with Crippen molar-refractivity contribution in [3.8, 4) is 0 Å². The summed E-state index contributed by atoms with van der Waals surface area (Å²) < 4.78 is 31.5. The van der Waals surface area contributed by atoms with Crippen molar-refractivity contribution >= 4 is 22.0 Å². The van der Waals surface area contributed by atoms with Gasteiger partial charge in [-0.3, -0.25) is 9.69 Å². The minimum absolute atomic E-state index is 0.0837. The first-order valence-corrected chi connectivity index (χ1v) is 11.5. The molecule has 3 fully saturated rings. The van der Waals surface area contributed by atoms with Crippen LogP contribution in [0.4, 0.5) is 4.79 Å². The van der Waals surface area contributed by atoms with Crippen LogP contribution in [0.25, 0.3) is 0 Å². The fourth-order valence-electron chi connectivity index (χ4n) is 4.23. The van der Waals surface area contributed by atoms with Crippen LogP contribution >= 0.6 is 0 Å². The van der Waals surface area contributed by atoms with Crippen LogP contribution in [0.3, 0.4) is 0 Å². The fraction of sp³-hybridized carbons (Fsp3) is 0.889.